The highest BCUT2D eigenvalue weighted by molar-refractivity contribution is 7.10. The summed E-state index contributed by atoms with van der Waals surface area (Å²) in [5.41, 5.74) is -0.827. The second-order valence-electron chi connectivity index (χ2n) is 6.07. The molecule has 2 rings (SSSR count). The van der Waals surface area contributed by atoms with Crippen LogP contribution in [0.5, 0.6) is 0 Å². The Labute approximate surface area is 130 Å². The first-order chi connectivity index (χ1) is 9.92. The number of hydrogen-bond donors (Lipinski definition) is 1. The normalized spacial score (nSPS) is 23.0. The molecule has 0 radical (unpaired) electrons. The molecule has 2 heterocycles. The Bertz CT molecular complexity index is 510. The van der Waals surface area contributed by atoms with Crippen molar-refractivity contribution in [3.63, 3.8) is 0 Å². The number of piperazine rings is 1. The maximum atomic E-state index is 12.9. The van der Waals surface area contributed by atoms with E-state index in [0.717, 1.165) is 17.7 Å². The highest BCUT2D eigenvalue weighted by atomic mass is 32.1. The number of hydrogen-bond acceptors (Lipinski definition) is 3. The van der Waals surface area contributed by atoms with Crippen LogP contribution in [0.25, 0.3) is 0 Å². The van der Waals surface area contributed by atoms with Crippen molar-refractivity contribution in [1.82, 2.24) is 10.2 Å². The number of nitrogens with zero attached hydrogens (tertiary/aromatic N) is 1. The lowest BCUT2D eigenvalue weighted by Crippen LogP contribution is -2.68. The monoisotopic (exact) mass is 308 g/mol. The topological polar surface area (TPSA) is 49.4 Å². The fraction of sp³-hybridized carbons (Fsp3) is 0.625. The molecular formula is C16H24N2O2S. The second-order valence-corrected chi connectivity index (χ2v) is 7.05. The van der Waals surface area contributed by atoms with Crippen molar-refractivity contribution >= 4 is 23.2 Å². The minimum Gasteiger partial charge on any atom is -0.340 e. The van der Waals surface area contributed by atoms with Gasteiger partial charge in [-0.25, -0.2) is 0 Å². The average Bonchev–Trinajstić information content (AvgIpc) is 2.93. The molecule has 0 aliphatic carbocycles. The zero-order chi connectivity index (χ0) is 15.6. The fourth-order valence-electron chi connectivity index (χ4n) is 2.95. The first-order valence-corrected chi connectivity index (χ1v) is 8.48. The molecule has 0 bridgehead atoms. The summed E-state index contributed by atoms with van der Waals surface area (Å²) >= 11 is 1.65. The molecule has 1 fully saturated rings. The largest absolute Gasteiger partial charge is 0.340 e. The van der Waals surface area contributed by atoms with Crippen molar-refractivity contribution in [2.45, 2.75) is 64.6 Å². The van der Waals surface area contributed by atoms with E-state index in [1.165, 1.54) is 0 Å². The van der Waals surface area contributed by atoms with Crippen molar-refractivity contribution in [3.05, 3.63) is 22.4 Å². The van der Waals surface area contributed by atoms with Gasteiger partial charge in [-0.15, -0.1) is 11.3 Å². The van der Waals surface area contributed by atoms with E-state index in [1.54, 1.807) is 25.2 Å². The molecule has 1 aromatic heterocycles. The lowest BCUT2D eigenvalue weighted by Gasteiger charge is -2.46. The summed E-state index contributed by atoms with van der Waals surface area (Å²) in [7, 11) is 0. The van der Waals surface area contributed by atoms with Gasteiger partial charge in [-0.3, -0.25) is 9.59 Å². The number of nitrogens with one attached hydrogen (secondary N) is 1. The van der Waals surface area contributed by atoms with Crippen LogP contribution in [0, 0.1) is 0 Å². The predicted molar refractivity (Wildman–Crippen MR) is 85.1 cm³/mol. The molecule has 4 nitrogen and oxygen atoms in total. The molecule has 1 aliphatic rings. The Hall–Kier alpha value is -1.36. The van der Waals surface area contributed by atoms with Crippen molar-refractivity contribution in [2.24, 2.45) is 0 Å². The van der Waals surface area contributed by atoms with Gasteiger partial charge in [0.2, 0.25) is 11.8 Å². The summed E-state index contributed by atoms with van der Waals surface area (Å²) < 4.78 is 0. The number of thiophene rings is 1. The SMILES string of the molecule is CCCC(c1cccs1)N1C(=O)C(C)(C)NC(=O)C1CC. The lowest BCUT2D eigenvalue weighted by atomic mass is 9.92. The van der Waals surface area contributed by atoms with Gasteiger partial charge in [-0.2, -0.15) is 0 Å². The molecule has 0 saturated carbocycles. The molecule has 0 aromatic carbocycles. The van der Waals surface area contributed by atoms with Gasteiger partial charge in [-0.05, 0) is 38.1 Å². The van der Waals surface area contributed by atoms with Gasteiger partial charge in [-0.1, -0.05) is 26.3 Å². The zero-order valence-electron chi connectivity index (χ0n) is 13.2. The minimum atomic E-state index is -0.827. The molecular weight excluding hydrogens is 284 g/mol. The van der Waals surface area contributed by atoms with Crippen molar-refractivity contribution in [1.29, 1.82) is 0 Å². The maximum absolute atomic E-state index is 12.9. The summed E-state index contributed by atoms with van der Waals surface area (Å²) in [5, 5.41) is 4.88. The molecule has 0 spiro atoms. The smallest absolute Gasteiger partial charge is 0.248 e. The van der Waals surface area contributed by atoms with Crippen LogP contribution in [0.15, 0.2) is 17.5 Å². The standard InChI is InChI=1S/C16H24N2O2S/c1-5-8-12(13-9-7-10-21-13)18-11(6-2)14(19)17-16(3,4)15(18)20/h7,9-12H,5-6,8H2,1-4H3,(H,17,19). The molecule has 1 N–H and O–H groups in total. The molecule has 2 amide bonds. The number of rotatable bonds is 5. The fourth-order valence-corrected chi connectivity index (χ4v) is 3.81. The van der Waals surface area contributed by atoms with E-state index in [0.29, 0.717) is 6.42 Å². The zero-order valence-corrected chi connectivity index (χ0v) is 14.0. The van der Waals surface area contributed by atoms with E-state index in [4.69, 9.17) is 0 Å². The van der Waals surface area contributed by atoms with Gasteiger partial charge in [0.25, 0.3) is 0 Å². The van der Waals surface area contributed by atoms with Crippen molar-refractivity contribution in [2.75, 3.05) is 0 Å². The highest BCUT2D eigenvalue weighted by Gasteiger charge is 2.47. The third kappa shape index (κ3) is 2.98. The third-order valence-corrected chi connectivity index (χ3v) is 4.97. The van der Waals surface area contributed by atoms with E-state index in [-0.39, 0.29) is 23.9 Å². The van der Waals surface area contributed by atoms with Gasteiger partial charge < -0.3 is 10.2 Å². The van der Waals surface area contributed by atoms with Crippen molar-refractivity contribution < 1.29 is 9.59 Å². The number of amides is 2. The summed E-state index contributed by atoms with van der Waals surface area (Å²) in [5.74, 6) is -0.0273. The van der Waals surface area contributed by atoms with Crippen LogP contribution < -0.4 is 5.32 Å². The molecule has 1 aliphatic heterocycles. The molecule has 21 heavy (non-hydrogen) atoms. The Morgan fingerprint density at radius 1 is 1.38 bits per heavy atom. The molecule has 1 saturated heterocycles. The maximum Gasteiger partial charge on any atom is 0.248 e. The molecule has 2 unspecified atom stereocenters. The number of carbonyl (C=O) groups is 2. The first-order valence-electron chi connectivity index (χ1n) is 7.60. The minimum absolute atomic E-state index is 0.00206. The Kier molecular flexibility index (Phi) is 4.71. The summed E-state index contributed by atoms with van der Waals surface area (Å²) in [6, 6.07) is 3.69. The van der Waals surface area contributed by atoms with Gasteiger partial charge in [0.15, 0.2) is 0 Å². The van der Waals surface area contributed by atoms with Crippen LogP contribution >= 0.6 is 11.3 Å². The van der Waals surface area contributed by atoms with Gasteiger partial charge >= 0.3 is 0 Å². The Morgan fingerprint density at radius 2 is 2.10 bits per heavy atom. The quantitative estimate of drug-likeness (QED) is 0.908. The Morgan fingerprint density at radius 3 is 2.62 bits per heavy atom. The number of carbonyl (C=O) groups excluding carboxylic acids is 2. The van der Waals surface area contributed by atoms with E-state index < -0.39 is 5.54 Å². The molecule has 5 heteroatoms. The van der Waals surface area contributed by atoms with E-state index in [1.807, 2.05) is 23.3 Å². The predicted octanol–water partition coefficient (Wildman–Crippen LogP) is 3.10. The van der Waals surface area contributed by atoms with E-state index >= 15 is 0 Å². The Balaban J connectivity index is 2.43. The van der Waals surface area contributed by atoms with Crippen LogP contribution in [0.4, 0.5) is 0 Å². The van der Waals surface area contributed by atoms with Crippen LogP contribution in [-0.4, -0.2) is 28.3 Å². The first kappa shape index (κ1) is 16.0. The molecule has 116 valence electrons. The van der Waals surface area contributed by atoms with Gasteiger partial charge in [0, 0.05) is 4.88 Å². The van der Waals surface area contributed by atoms with E-state index in [2.05, 4.69) is 18.3 Å². The average molecular weight is 308 g/mol. The van der Waals surface area contributed by atoms with E-state index in [9.17, 15) is 9.59 Å². The van der Waals surface area contributed by atoms with Gasteiger partial charge in [0.1, 0.15) is 11.6 Å². The van der Waals surface area contributed by atoms with Crippen LogP contribution in [0.3, 0.4) is 0 Å². The third-order valence-electron chi connectivity index (χ3n) is 4.00. The highest BCUT2D eigenvalue weighted by Crippen LogP contribution is 2.35. The van der Waals surface area contributed by atoms with Crippen LogP contribution in [-0.2, 0) is 9.59 Å². The molecule has 1 aromatic rings. The van der Waals surface area contributed by atoms with Crippen LogP contribution in [0.1, 0.15) is 57.9 Å². The summed E-state index contributed by atoms with van der Waals surface area (Å²) in [6.45, 7) is 7.63. The lowest BCUT2D eigenvalue weighted by molar-refractivity contribution is -0.157. The molecule has 2 atom stereocenters. The van der Waals surface area contributed by atoms with Gasteiger partial charge in [0.05, 0.1) is 6.04 Å². The summed E-state index contributed by atoms with van der Waals surface area (Å²) in [4.78, 5) is 28.3. The van der Waals surface area contributed by atoms with Crippen molar-refractivity contribution in [3.8, 4) is 0 Å². The second kappa shape index (κ2) is 6.18. The van der Waals surface area contributed by atoms with Crippen LogP contribution in [0.2, 0.25) is 0 Å². The summed E-state index contributed by atoms with van der Waals surface area (Å²) in [6.07, 6.45) is 2.50.